The van der Waals surface area contributed by atoms with E-state index in [1.54, 1.807) is 12.3 Å². The first-order chi connectivity index (χ1) is 9.19. The summed E-state index contributed by atoms with van der Waals surface area (Å²) in [4.78, 5) is 14.6. The van der Waals surface area contributed by atoms with Crippen molar-refractivity contribution in [2.24, 2.45) is 0 Å². The molecule has 2 unspecified atom stereocenters. The van der Waals surface area contributed by atoms with Gasteiger partial charge in [-0.05, 0) is 54.6 Å². The van der Waals surface area contributed by atoms with Crippen LogP contribution >= 0.6 is 15.9 Å². The summed E-state index contributed by atoms with van der Waals surface area (Å²) in [6.07, 6.45) is 6.21. The minimum absolute atomic E-state index is 0.0782. The second kappa shape index (κ2) is 5.29. The molecule has 5 heteroatoms. The van der Waals surface area contributed by atoms with E-state index in [-0.39, 0.29) is 5.91 Å². The molecule has 2 atom stereocenters. The fourth-order valence-electron chi connectivity index (χ4n) is 3.45. The number of hydrogen-bond donors (Lipinski definition) is 1. The molecule has 1 N–H and O–H groups in total. The summed E-state index contributed by atoms with van der Waals surface area (Å²) in [5.74, 6) is 0.0782. The molecule has 2 aliphatic heterocycles. The molecular weight excluding hydrogens is 308 g/mol. The predicted octanol–water partition coefficient (Wildman–Crippen LogP) is 2.79. The quantitative estimate of drug-likeness (QED) is 0.929. The van der Waals surface area contributed by atoms with E-state index in [9.17, 15) is 4.79 Å². The molecule has 19 heavy (non-hydrogen) atoms. The van der Waals surface area contributed by atoms with Crippen LogP contribution < -0.4 is 5.32 Å². The molecule has 1 amide bonds. The van der Waals surface area contributed by atoms with Gasteiger partial charge in [-0.25, -0.2) is 0 Å². The third-order valence-electron chi connectivity index (χ3n) is 4.34. The van der Waals surface area contributed by atoms with Gasteiger partial charge in [0.25, 0.3) is 5.91 Å². The van der Waals surface area contributed by atoms with Gasteiger partial charge in [0, 0.05) is 24.7 Å². The lowest BCUT2D eigenvalue weighted by atomic mass is 9.97. The molecule has 2 bridgehead atoms. The van der Waals surface area contributed by atoms with Crippen LogP contribution in [0.2, 0.25) is 0 Å². The van der Waals surface area contributed by atoms with Crippen LogP contribution in [0.5, 0.6) is 0 Å². The third-order valence-corrected chi connectivity index (χ3v) is 4.95. The van der Waals surface area contributed by atoms with Crippen molar-refractivity contribution in [3.8, 4) is 0 Å². The first kappa shape index (κ1) is 13.2. The smallest absolute Gasteiger partial charge is 0.258 e. The average molecular weight is 327 g/mol. The minimum Gasteiger partial charge on any atom is -0.457 e. The largest absolute Gasteiger partial charge is 0.457 e. The van der Waals surface area contributed by atoms with Crippen LogP contribution in [0.15, 0.2) is 21.4 Å². The number of rotatable bonds is 3. The number of carbonyl (C=O) groups excluding carboxylic acids is 1. The number of nitrogens with zero attached hydrogens (tertiary/aromatic N) is 1. The second-order valence-corrected chi connectivity index (χ2v) is 6.18. The van der Waals surface area contributed by atoms with Gasteiger partial charge in [0.1, 0.15) is 0 Å². The molecule has 3 rings (SSSR count). The number of halogens is 1. The highest BCUT2D eigenvalue weighted by Gasteiger charge is 2.37. The Kier molecular flexibility index (Phi) is 3.67. The van der Waals surface area contributed by atoms with Gasteiger partial charge >= 0.3 is 0 Å². The van der Waals surface area contributed by atoms with Gasteiger partial charge in [-0.3, -0.25) is 4.79 Å². The number of carbonyl (C=O) groups is 1. The maximum absolute atomic E-state index is 12.6. The molecule has 0 aliphatic carbocycles. The van der Waals surface area contributed by atoms with Crippen LogP contribution in [-0.4, -0.2) is 35.5 Å². The molecule has 1 aromatic rings. The number of furan rings is 1. The standard InChI is InChI=1S/C14H19BrN2O2/c1-2-17(14(18)12-5-6-19-13(12)15)11-7-9-3-4-10(8-11)16-9/h5-6,9-11,16H,2-4,7-8H2,1H3. The Hall–Kier alpha value is -0.810. The Bertz CT molecular complexity index is 462. The molecule has 2 aliphatic rings. The van der Waals surface area contributed by atoms with Crippen LogP contribution in [-0.2, 0) is 0 Å². The van der Waals surface area contributed by atoms with Crippen molar-refractivity contribution in [3.63, 3.8) is 0 Å². The van der Waals surface area contributed by atoms with Gasteiger partial charge in [-0.15, -0.1) is 0 Å². The van der Waals surface area contributed by atoms with E-state index in [0.29, 0.717) is 28.4 Å². The minimum atomic E-state index is 0.0782. The van der Waals surface area contributed by atoms with Gasteiger partial charge in [-0.2, -0.15) is 0 Å². The summed E-state index contributed by atoms with van der Waals surface area (Å²) in [6.45, 7) is 2.80. The molecule has 0 radical (unpaired) electrons. The van der Waals surface area contributed by atoms with E-state index in [2.05, 4.69) is 28.2 Å². The van der Waals surface area contributed by atoms with Crippen LogP contribution in [0, 0.1) is 0 Å². The van der Waals surface area contributed by atoms with Gasteiger partial charge in [0.2, 0.25) is 0 Å². The number of piperidine rings is 1. The molecule has 0 spiro atoms. The Morgan fingerprint density at radius 2 is 2.16 bits per heavy atom. The fourth-order valence-corrected chi connectivity index (χ4v) is 3.86. The summed E-state index contributed by atoms with van der Waals surface area (Å²) in [6, 6.07) is 3.29. The maximum atomic E-state index is 12.6. The van der Waals surface area contributed by atoms with E-state index < -0.39 is 0 Å². The molecule has 0 aromatic carbocycles. The van der Waals surface area contributed by atoms with E-state index in [1.807, 2.05) is 4.90 Å². The zero-order chi connectivity index (χ0) is 13.4. The predicted molar refractivity (Wildman–Crippen MR) is 76.1 cm³/mol. The first-order valence-corrected chi connectivity index (χ1v) is 7.78. The summed E-state index contributed by atoms with van der Waals surface area (Å²) in [5.41, 5.74) is 0.632. The number of hydrogen-bond acceptors (Lipinski definition) is 3. The van der Waals surface area contributed by atoms with Gasteiger partial charge in [-0.1, -0.05) is 0 Å². The second-order valence-electron chi connectivity index (χ2n) is 5.46. The molecular formula is C14H19BrN2O2. The van der Waals surface area contributed by atoms with Crippen LogP contribution in [0.3, 0.4) is 0 Å². The summed E-state index contributed by atoms with van der Waals surface area (Å²) in [7, 11) is 0. The summed E-state index contributed by atoms with van der Waals surface area (Å²) < 4.78 is 5.71. The van der Waals surface area contributed by atoms with Crippen molar-refractivity contribution in [2.75, 3.05) is 6.54 Å². The fraction of sp³-hybridized carbons (Fsp3) is 0.643. The Morgan fingerprint density at radius 3 is 2.68 bits per heavy atom. The zero-order valence-electron chi connectivity index (χ0n) is 11.1. The van der Waals surface area contributed by atoms with Crippen molar-refractivity contribution < 1.29 is 9.21 Å². The van der Waals surface area contributed by atoms with Crippen molar-refractivity contribution in [2.45, 2.75) is 50.7 Å². The Morgan fingerprint density at radius 1 is 1.47 bits per heavy atom. The van der Waals surface area contributed by atoms with Crippen LogP contribution in [0.25, 0.3) is 0 Å². The number of nitrogens with one attached hydrogen (secondary N) is 1. The molecule has 0 saturated carbocycles. The highest BCUT2D eigenvalue weighted by atomic mass is 79.9. The van der Waals surface area contributed by atoms with Crippen LogP contribution in [0.4, 0.5) is 0 Å². The van der Waals surface area contributed by atoms with Crippen LogP contribution in [0.1, 0.15) is 43.0 Å². The third kappa shape index (κ3) is 2.46. The molecule has 2 fully saturated rings. The van der Waals surface area contributed by atoms with Crippen molar-refractivity contribution in [1.82, 2.24) is 10.2 Å². The first-order valence-electron chi connectivity index (χ1n) is 6.99. The van der Waals surface area contributed by atoms with Crippen molar-refractivity contribution >= 4 is 21.8 Å². The molecule has 2 saturated heterocycles. The van der Waals surface area contributed by atoms with E-state index in [1.165, 1.54) is 12.8 Å². The average Bonchev–Trinajstić information content (AvgIpc) is 2.96. The molecule has 104 valence electrons. The maximum Gasteiger partial charge on any atom is 0.258 e. The van der Waals surface area contributed by atoms with E-state index >= 15 is 0 Å². The molecule has 1 aromatic heterocycles. The molecule has 4 nitrogen and oxygen atoms in total. The Balaban J connectivity index is 1.77. The lowest BCUT2D eigenvalue weighted by Crippen LogP contribution is -2.50. The zero-order valence-corrected chi connectivity index (χ0v) is 12.6. The Labute approximate surface area is 121 Å². The lowest BCUT2D eigenvalue weighted by Gasteiger charge is -2.37. The lowest BCUT2D eigenvalue weighted by molar-refractivity contribution is 0.0629. The summed E-state index contributed by atoms with van der Waals surface area (Å²) >= 11 is 3.30. The van der Waals surface area contributed by atoms with Crippen molar-refractivity contribution in [1.29, 1.82) is 0 Å². The summed E-state index contributed by atoms with van der Waals surface area (Å²) in [5, 5.41) is 3.62. The van der Waals surface area contributed by atoms with Gasteiger partial charge < -0.3 is 14.6 Å². The number of amides is 1. The normalized spacial score (nSPS) is 29.5. The SMILES string of the molecule is CCN(C(=O)c1ccoc1Br)C1CC2CCC(C1)N2. The number of fused-ring (bicyclic) bond motifs is 2. The highest BCUT2D eigenvalue weighted by molar-refractivity contribution is 9.10. The topological polar surface area (TPSA) is 45.5 Å². The molecule has 3 heterocycles. The van der Waals surface area contributed by atoms with E-state index in [0.717, 1.165) is 19.4 Å². The highest BCUT2D eigenvalue weighted by Crippen LogP contribution is 2.31. The van der Waals surface area contributed by atoms with E-state index in [4.69, 9.17) is 4.42 Å². The van der Waals surface area contributed by atoms with Gasteiger partial charge in [0.15, 0.2) is 4.67 Å². The monoisotopic (exact) mass is 326 g/mol. The van der Waals surface area contributed by atoms with Gasteiger partial charge in [0.05, 0.1) is 11.8 Å². The van der Waals surface area contributed by atoms with Crippen molar-refractivity contribution in [3.05, 3.63) is 22.6 Å².